The number of rotatable bonds is 9. The summed E-state index contributed by atoms with van der Waals surface area (Å²) in [6.07, 6.45) is 4.89. The fraction of sp³-hybridized carbons (Fsp3) is 0.423. The smallest absolute Gasteiger partial charge is 0.254 e. The number of aromatic nitrogens is 1. The molecule has 0 radical (unpaired) electrons. The Morgan fingerprint density at radius 3 is 2.75 bits per heavy atom. The van der Waals surface area contributed by atoms with Gasteiger partial charge in [-0.15, -0.1) is 0 Å². The largest absolute Gasteiger partial charge is 0.493 e. The van der Waals surface area contributed by atoms with Gasteiger partial charge in [0, 0.05) is 47.9 Å². The van der Waals surface area contributed by atoms with Gasteiger partial charge in [0.05, 0.1) is 14.2 Å². The van der Waals surface area contributed by atoms with Crippen LogP contribution in [0.15, 0.2) is 36.5 Å². The summed E-state index contributed by atoms with van der Waals surface area (Å²) in [7, 11) is 5.41. The molecule has 1 aliphatic rings. The molecular weight excluding hydrogens is 402 g/mol. The van der Waals surface area contributed by atoms with Crippen molar-refractivity contribution in [2.24, 2.45) is 0 Å². The molecule has 1 aliphatic heterocycles. The monoisotopic (exact) mass is 435 g/mol. The van der Waals surface area contributed by atoms with Crippen molar-refractivity contribution in [1.82, 2.24) is 14.8 Å². The average molecular weight is 436 g/mol. The van der Waals surface area contributed by atoms with Crippen LogP contribution in [-0.2, 0) is 12.8 Å². The molecule has 0 aliphatic carbocycles. The van der Waals surface area contributed by atoms with Crippen LogP contribution in [0.25, 0.3) is 10.9 Å². The van der Waals surface area contributed by atoms with Crippen molar-refractivity contribution < 1.29 is 14.3 Å². The highest BCUT2D eigenvalue weighted by Crippen LogP contribution is 2.36. The van der Waals surface area contributed by atoms with Crippen LogP contribution in [0.1, 0.15) is 33.5 Å². The van der Waals surface area contributed by atoms with Gasteiger partial charge in [-0.05, 0) is 63.0 Å². The maximum absolute atomic E-state index is 13.0. The molecule has 0 atom stereocenters. The first-order chi connectivity index (χ1) is 15.5. The summed E-state index contributed by atoms with van der Waals surface area (Å²) in [6.45, 7) is 5.58. The molecule has 0 spiro atoms. The molecule has 0 unspecified atom stereocenters. The van der Waals surface area contributed by atoms with Crippen molar-refractivity contribution in [3.05, 3.63) is 58.8 Å². The molecular formula is C26H33N3O3. The highest BCUT2D eigenvalue weighted by molar-refractivity contribution is 5.98. The van der Waals surface area contributed by atoms with Gasteiger partial charge in [0.15, 0.2) is 11.5 Å². The minimum Gasteiger partial charge on any atom is -0.493 e. The maximum Gasteiger partial charge on any atom is 0.254 e. The normalized spacial score (nSPS) is 13.7. The molecule has 0 saturated heterocycles. The summed E-state index contributed by atoms with van der Waals surface area (Å²) < 4.78 is 10.9. The number of fused-ring (bicyclic) bond motifs is 2. The number of hydrogen-bond donors (Lipinski definition) is 1. The van der Waals surface area contributed by atoms with Gasteiger partial charge < -0.3 is 24.3 Å². The minimum atomic E-state index is 0.0871. The van der Waals surface area contributed by atoms with Gasteiger partial charge >= 0.3 is 0 Å². The van der Waals surface area contributed by atoms with Crippen molar-refractivity contribution >= 4 is 16.8 Å². The number of nitrogens with zero attached hydrogens (tertiary/aromatic N) is 2. The van der Waals surface area contributed by atoms with E-state index in [1.54, 1.807) is 14.2 Å². The number of amides is 1. The number of aromatic amines is 1. The average Bonchev–Trinajstić information content (AvgIpc) is 3.22. The van der Waals surface area contributed by atoms with Gasteiger partial charge in [-0.3, -0.25) is 4.79 Å². The van der Waals surface area contributed by atoms with Gasteiger partial charge in [0.25, 0.3) is 5.91 Å². The van der Waals surface area contributed by atoms with Crippen LogP contribution in [0.2, 0.25) is 0 Å². The molecule has 2 aromatic carbocycles. The lowest BCUT2D eigenvalue weighted by Gasteiger charge is -2.30. The number of carbonyl (C=O) groups excluding carboxylic acids is 1. The summed E-state index contributed by atoms with van der Waals surface area (Å²) >= 11 is 0. The highest BCUT2D eigenvalue weighted by atomic mass is 16.5. The van der Waals surface area contributed by atoms with E-state index in [1.807, 2.05) is 17.0 Å². The van der Waals surface area contributed by atoms with E-state index in [0.29, 0.717) is 18.0 Å². The molecule has 32 heavy (non-hydrogen) atoms. The third-order valence-electron chi connectivity index (χ3n) is 6.54. The molecule has 170 valence electrons. The fourth-order valence-electron chi connectivity index (χ4n) is 4.70. The van der Waals surface area contributed by atoms with E-state index in [9.17, 15) is 4.79 Å². The van der Waals surface area contributed by atoms with Crippen molar-refractivity contribution in [3.8, 4) is 11.5 Å². The van der Waals surface area contributed by atoms with Crippen LogP contribution in [0.3, 0.4) is 0 Å². The van der Waals surface area contributed by atoms with E-state index in [2.05, 4.69) is 48.3 Å². The van der Waals surface area contributed by atoms with Crippen molar-refractivity contribution in [2.45, 2.75) is 26.2 Å². The Kier molecular flexibility index (Phi) is 6.70. The van der Waals surface area contributed by atoms with E-state index >= 15 is 0 Å². The van der Waals surface area contributed by atoms with Gasteiger partial charge in [-0.1, -0.05) is 18.2 Å². The van der Waals surface area contributed by atoms with Gasteiger partial charge in [0.2, 0.25) is 0 Å². The molecule has 1 N–H and O–H groups in total. The Morgan fingerprint density at radius 2 is 1.97 bits per heavy atom. The number of benzene rings is 2. The summed E-state index contributed by atoms with van der Waals surface area (Å²) in [6, 6.07) is 10.1. The number of para-hydroxylation sites is 1. The van der Waals surface area contributed by atoms with Crippen LogP contribution in [-0.4, -0.2) is 68.1 Å². The summed E-state index contributed by atoms with van der Waals surface area (Å²) in [5.74, 6) is 1.45. The third-order valence-corrected chi connectivity index (χ3v) is 6.54. The number of methoxy groups -OCH3 is 2. The first kappa shape index (κ1) is 22.2. The lowest BCUT2D eigenvalue weighted by Crippen LogP contribution is -2.39. The van der Waals surface area contributed by atoms with Crippen LogP contribution < -0.4 is 9.47 Å². The molecule has 0 fully saturated rings. The van der Waals surface area contributed by atoms with E-state index in [-0.39, 0.29) is 5.91 Å². The molecule has 0 bridgehead atoms. The Morgan fingerprint density at radius 1 is 1.12 bits per heavy atom. The van der Waals surface area contributed by atoms with Gasteiger partial charge in [0.1, 0.15) is 0 Å². The molecule has 1 amide bonds. The Balaban J connectivity index is 1.29. The number of aryl methyl sites for hydroxylation is 1. The van der Waals surface area contributed by atoms with Crippen LogP contribution >= 0.6 is 0 Å². The van der Waals surface area contributed by atoms with Crippen LogP contribution in [0.4, 0.5) is 0 Å². The second kappa shape index (κ2) is 9.65. The van der Waals surface area contributed by atoms with E-state index in [0.717, 1.165) is 50.0 Å². The number of H-pyrrole nitrogens is 1. The summed E-state index contributed by atoms with van der Waals surface area (Å²) in [5, 5.41) is 1.32. The number of carbonyl (C=O) groups is 1. The van der Waals surface area contributed by atoms with Gasteiger partial charge in [-0.25, -0.2) is 0 Å². The zero-order chi connectivity index (χ0) is 22.7. The highest BCUT2D eigenvalue weighted by Gasteiger charge is 2.28. The number of likely N-dealkylation sites (N-methyl/N-ethyl adjacent to an activating group) is 1. The maximum atomic E-state index is 13.0. The van der Waals surface area contributed by atoms with E-state index in [1.165, 1.54) is 22.0 Å². The molecule has 0 saturated carbocycles. The van der Waals surface area contributed by atoms with Crippen molar-refractivity contribution in [2.75, 3.05) is 47.4 Å². The lowest BCUT2D eigenvalue weighted by atomic mass is 9.97. The van der Waals surface area contributed by atoms with Crippen molar-refractivity contribution in [3.63, 3.8) is 0 Å². The summed E-state index contributed by atoms with van der Waals surface area (Å²) in [4.78, 5) is 20.7. The lowest BCUT2D eigenvalue weighted by molar-refractivity contribution is 0.0731. The zero-order valence-electron chi connectivity index (χ0n) is 19.5. The van der Waals surface area contributed by atoms with Crippen LogP contribution in [0.5, 0.6) is 11.5 Å². The molecule has 3 aromatic rings. The predicted octanol–water partition coefficient (Wildman–Crippen LogP) is 4.06. The molecule has 6 heteroatoms. The Hall–Kier alpha value is -2.99. The molecule has 6 nitrogen and oxygen atoms in total. The zero-order valence-corrected chi connectivity index (χ0v) is 19.5. The molecule has 4 rings (SSSR count). The second-order valence-corrected chi connectivity index (χ2v) is 8.59. The summed E-state index contributed by atoms with van der Waals surface area (Å²) in [5.41, 5.74) is 5.58. The third kappa shape index (κ3) is 4.32. The van der Waals surface area contributed by atoms with E-state index in [4.69, 9.17) is 9.47 Å². The number of hydrogen-bond acceptors (Lipinski definition) is 4. The first-order valence-electron chi connectivity index (χ1n) is 11.3. The predicted molar refractivity (Wildman–Crippen MR) is 128 cm³/mol. The minimum absolute atomic E-state index is 0.0871. The van der Waals surface area contributed by atoms with E-state index < -0.39 is 0 Å². The Labute approximate surface area is 190 Å². The molecule has 1 aromatic heterocycles. The standard InChI is InChI=1S/C26H33N3O3/c1-18-7-5-8-20-19(17-27-24(18)20)11-15-28(2)13-6-14-29-16-12-21-22(26(29)30)9-10-23(31-3)25(21)32-4/h5,7-10,17,27H,6,11-16H2,1-4H3. The Bertz CT molecular complexity index is 1110. The number of nitrogens with one attached hydrogen (secondary N) is 1. The SMILES string of the molecule is COc1ccc2c(c1OC)CCN(CCCN(C)CCc1c[nH]c3c(C)cccc13)C2=O. The quantitative estimate of drug-likeness (QED) is 0.551. The fourth-order valence-corrected chi connectivity index (χ4v) is 4.70. The molecule has 2 heterocycles. The van der Waals surface area contributed by atoms with Crippen LogP contribution in [0, 0.1) is 6.92 Å². The van der Waals surface area contributed by atoms with Gasteiger partial charge in [-0.2, -0.15) is 0 Å². The number of ether oxygens (including phenoxy) is 2. The van der Waals surface area contributed by atoms with Crippen molar-refractivity contribution in [1.29, 1.82) is 0 Å². The second-order valence-electron chi connectivity index (χ2n) is 8.59. The topological polar surface area (TPSA) is 57.8 Å². The first-order valence-corrected chi connectivity index (χ1v) is 11.3.